The van der Waals surface area contributed by atoms with Crippen molar-refractivity contribution in [3.63, 3.8) is 0 Å². The number of hydrogen-bond donors (Lipinski definition) is 0. The lowest BCUT2D eigenvalue weighted by Crippen LogP contribution is -2.16. The lowest BCUT2D eigenvalue weighted by atomic mass is 10.2. The predicted molar refractivity (Wildman–Crippen MR) is 88.9 cm³/mol. The van der Waals surface area contributed by atoms with E-state index >= 15 is 0 Å². The van der Waals surface area contributed by atoms with Crippen LogP contribution in [0, 0.1) is 0 Å². The van der Waals surface area contributed by atoms with E-state index in [1.807, 2.05) is 29.0 Å². The van der Waals surface area contributed by atoms with E-state index in [-0.39, 0.29) is 5.56 Å². The first-order valence-corrected chi connectivity index (χ1v) is 8.19. The van der Waals surface area contributed by atoms with E-state index in [4.69, 9.17) is 4.42 Å². The monoisotopic (exact) mass is 327 g/mol. The van der Waals surface area contributed by atoms with Gasteiger partial charge in [-0.05, 0) is 23.6 Å². The molecule has 0 aliphatic heterocycles. The molecule has 0 radical (unpaired) electrons. The van der Waals surface area contributed by atoms with Crippen molar-refractivity contribution < 1.29 is 4.42 Å². The van der Waals surface area contributed by atoms with Crippen molar-refractivity contribution in [3.8, 4) is 11.3 Å². The van der Waals surface area contributed by atoms with Gasteiger partial charge in [-0.15, -0.1) is 22.7 Å². The zero-order valence-corrected chi connectivity index (χ0v) is 12.8. The van der Waals surface area contributed by atoms with Crippen molar-refractivity contribution in [2.75, 3.05) is 0 Å². The average Bonchev–Trinajstić information content (AvgIpc) is 3.27. The normalized spacial score (nSPS) is 11.6. The van der Waals surface area contributed by atoms with Crippen molar-refractivity contribution in [3.05, 3.63) is 62.8 Å². The number of fused-ring (bicyclic) bond motifs is 1. The molecule has 0 saturated carbocycles. The molecular formula is C15H9N3O2S2. The summed E-state index contributed by atoms with van der Waals surface area (Å²) in [7, 11) is 0. The smallest absolute Gasteiger partial charge is 0.283 e. The molecule has 0 bridgehead atoms. The fraction of sp³-hybridized carbons (Fsp3) is 0. The summed E-state index contributed by atoms with van der Waals surface area (Å²) in [5, 5.41) is 8.57. The van der Waals surface area contributed by atoms with E-state index in [0.29, 0.717) is 16.0 Å². The van der Waals surface area contributed by atoms with Crippen molar-refractivity contribution >= 4 is 39.1 Å². The topological polar surface area (TPSA) is 60.4 Å². The van der Waals surface area contributed by atoms with Gasteiger partial charge in [-0.3, -0.25) is 4.79 Å². The van der Waals surface area contributed by atoms with Gasteiger partial charge in [0.25, 0.3) is 5.56 Å². The van der Waals surface area contributed by atoms with E-state index < -0.39 is 0 Å². The molecule has 0 saturated heterocycles. The average molecular weight is 327 g/mol. The minimum atomic E-state index is -0.203. The molecule has 0 fully saturated rings. The van der Waals surface area contributed by atoms with Crippen molar-refractivity contribution in [1.82, 2.24) is 9.66 Å². The first kappa shape index (κ1) is 13.2. The molecule has 5 nitrogen and oxygen atoms in total. The maximum absolute atomic E-state index is 12.6. The lowest BCUT2D eigenvalue weighted by molar-refractivity contribution is 0.583. The maximum Gasteiger partial charge on any atom is 0.283 e. The third-order valence-electron chi connectivity index (χ3n) is 3.12. The maximum atomic E-state index is 12.6. The summed E-state index contributed by atoms with van der Waals surface area (Å²) in [6.07, 6.45) is 4.68. The van der Waals surface area contributed by atoms with Crippen molar-refractivity contribution in [1.29, 1.82) is 0 Å². The molecule has 7 heteroatoms. The molecule has 0 atom stereocenters. The lowest BCUT2D eigenvalue weighted by Gasteiger charge is -1.98. The van der Waals surface area contributed by atoms with Crippen LogP contribution in [0.3, 0.4) is 0 Å². The molecule has 4 rings (SSSR count). The summed E-state index contributed by atoms with van der Waals surface area (Å²) in [4.78, 5) is 18.6. The molecule has 0 amide bonds. The van der Waals surface area contributed by atoms with Gasteiger partial charge in [0.1, 0.15) is 16.9 Å². The minimum Gasteiger partial charge on any atom is -0.464 e. The van der Waals surface area contributed by atoms with Crippen LogP contribution in [0.1, 0.15) is 4.88 Å². The Hall–Kier alpha value is -2.51. The molecule has 0 N–H and O–H groups in total. The van der Waals surface area contributed by atoms with Gasteiger partial charge in [-0.1, -0.05) is 6.07 Å². The second-order valence-electron chi connectivity index (χ2n) is 4.46. The van der Waals surface area contributed by atoms with Crippen LogP contribution in [0.25, 0.3) is 21.5 Å². The number of furan rings is 1. The molecule has 0 aliphatic carbocycles. The summed E-state index contributed by atoms with van der Waals surface area (Å²) >= 11 is 2.97. The van der Waals surface area contributed by atoms with Gasteiger partial charge in [-0.2, -0.15) is 9.78 Å². The highest BCUT2D eigenvalue weighted by atomic mass is 32.1. The van der Waals surface area contributed by atoms with Gasteiger partial charge >= 0.3 is 0 Å². The van der Waals surface area contributed by atoms with Crippen LogP contribution < -0.4 is 5.56 Å². The zero-order chi connectivity index (χ0) is 14.9. The largest absolute Gasteiger partial charge is 0.464 e. The van der Waals surface area contributed by atoms with Gasteiger partial charge < -0.3 is 4.42 Å². The molecule has 4 heterocycles. The van der Waals surface area contributed by atoms with Gasteiger partial charge in [-0.25, -0.2) is 4.98 Å². The van der Waals surface area contributed by atoms with Crippen LogP contribution in [0.5, 0.6) is 0 Å². The fourth-order valence-electron chi connectivity index (χ4n) is 2.10. The Morgan fingerprint density at radius 2 is 2.23 bits per heavy atom. The number of nitrogens with zero attached hydrogens (tertiary/aromatic N) is 3. The van der Waals surface area contributed by atoms with Crippen LogP contribution in [0.2, 0.25) is 0 Å². The molecule has 0 unspecified atom stereocenters. The Bertz CT molecular complexity index is 995. The molecule has 0 aromatic carbocycles. The number of aromatic nitrogens is 2. The van der Waals surface area contributed by atoms with E-state index in [1.54, 1.807) is 29.9 Å². The Morgan fingerprint density at radius 3 is 3.00 bits per heavy atom. The Labute approximate surface area is 132 Å². The predicted octanol–water partition coefficient (Wildman–Crippen LogP) is 3.66. The molecular weight excluding hydrogens is 318 g/mol. The Balaban J connectivity index is 1.86. The Kier molecular flexibility index (Phi) is 3.21. The second kappa shape index (κ2) is 5.36. The van der Waals surface area contributed by atoms with Gasteiger partial charge in [0.15, 0.2) is 0 Å². The summed E-state index contributed by atoms with van der Waals surface area (Å²) in [6.45, 7) is 0. The second-order valence-corrected chi connectivity index (χ2v) is 6.30. The summed E-state index contributed by atoms with van der Waals surface area (Å²) in [5.74, 6) is 0.658. The summed E-state index contributed by atoms with van der Waals surface area (Å²) in [5.41, 5.74) is 0.550. The quantitative estimate of drug-likeness (QED) is 0.540. The first-order chi connectivity index (χ1) is 10.8. The molecule has 22 heavy (non-hydrogen) atoms. The fourth-order valence-corrected chi connectivity index (χ4v) is 3.57. The molecule has 0 spiro atoms. The summed E-state index contributed by atoms with van der Waals surface area (Å²) < 4.78 is 6.64. The van der Waals surface area contributed by atoms with E-state index in [1.165, 1.54) is 22.3 Å². The first-order valence-electron chi connectivity index (χ1n) is 6.43. The highest BCUT2D eigenvalue weighted by Crippen LogP contribution is 2.30. The van der Waals surface area contributed by atoms with Crippen LogP contribution in [-0.2, 0) is 0 Å². The third kappa shape index (κ3) is 2.20. The van der Waals surface area contributed by atoms with Gasteiger partial charge in [0.05, 0.1) is 17.9 Å². The molecule has 108 valence electrons. The van der Waals surface area contributed by atoms with Crippen molar-refractivity contribution in [2.24, 2.45) is 5.10 Å². The van der Waals surface area contributed by atoms with Gasteiger partial charge in [0.2, 0.25) is 0 Å². The highest BCUT2D eigenvalue weighted by Gasteiger charge is 2.14. The standard InChI is InChI=1S/C15H9N3O2S2/c19-15-13-11(12-4-1-5-20-12)8-22-14(13)16-9-18(15)17-7-10-3-2-6-21-10/h1-9H/b17-7-. The highest BCUT2D eigenvalue weighted by molar-refractivity contribution is 7.17. The van der Waals surface area contributed by atoms with Gasteiger partial charge in [0, 0.05) is 15.8 Å². The molecule has 0 aliphatic rings. The van der Waals surface area contributed by atoms with Crippen LogP contribution in [0.4, 0.5) is 0 Å². The summed E-state index contributed by atoms with van der Waals surface area (Å²) in [6, 6.07) is 7.49. The SMILES string of the molecule is O=c1c2c(-c3ccco3)csc2ncn1/N=C\c1cccs1. The molecule has 4 aromatic heterocycles. The van der Waals surface area contributed by atoms with E-state index in [0.717, 1.165) is 10.4 Å². The van der Waals surface area contributed by atoms with Crippen LogP contribution >= 0.6 is 22.7 Å². The number of rotatable bonds is 3. The van der Waals surface area contributed by atoms with Crippen LogP contribution in [0.15, 0.2) is 61.9 Å². The van der Waals surface area contributed by atoms with Crippen molar-refractivity contribution in [2.45, 2.75) is 0 Å². The van der Waals surface area contributed by atoms with Crippen LogP contribution in [-0.4, -0.2) is 15.9 Å². The van der Waals surface area contributed by atoms with E-state index in [2.05, 4.69) is 10.1 Å². The Morgan fingerprint density at radius 1 is 1.27 bits per heavy atom. The zero-order valence-electron chi connectivity index (χ0n) is 11.2. The number of thiophene rings is 2. The molecule has 4 aromatic rings. The van der Waals surface area contributed by atoms with E-state index in [9.17, 15) is 4.79 Å². The third-order valence-corrected chi connectivity index (χ3v) is 4.81. The number of hydrogen-bond acceptors (Lipinski definition) is 6. The minimum absolute atomic E-state index is 0.203.